The number of hydrogen-bond donors (Lipinski definition) is 2. The van der Waals surface area contributed by atoms with Gasteiger partial charge in [-0.2, -0.15) is 0 Å². The van der Waals surface area contributed by atoms with Crippen molar-refractivity contribution >= 4 is 63.5 Å². The second-order valence-electron chi connectivity index (χ2n) is 16.7. The smallest absolute Gasteiger partial charge is 0.262 e. The average molecular weight is 899 g/mol. The van der Waals surface area contributed by atoms with E-state index in [1.54, 1.807) is 36.3 Å². The summed E-state index contributed by atoms with van der Waals surface area (Å²) < 4.78 is 37.8. The number of amides is 5. The quantitative estimate of drug-likeness (QED) is 0.129. The molecule has 336 valence electrons. The molecule has 3 fully saturated rings. The topological polar surface area (TPSA) is 185 Å². The number of nitrogens with one attached hydrogen (secondary N) is 2. The van der Waals surface area contributed by atoms with Crippen LogP contribution in [0.5, 0.6) is 17.2 Å². The summed E-state index contributed by atoms with van der Waals surface area (Å²) in [6.45, 7) is 7.56. The Kier molecular flexibility index (Phi) is 12.4. The van der Waals surface area contributed by atoms with E-state index in [1.165, 1.54) is 18.5 Å². The van der Waals surface area contributed by atoms with Gasteiger partial charge < -0.3 is 34.1 Å². The molecule has 3 aromatic carbocycles. The van der Waals surface area contributed by atoms with E-state index in [4.69, 9.17) is 30.5 Å². The molecule has 4 aromatic rings. The third-order valence-electron chi connectivity index (χ3n) is 12.6. The van der Waals surface area contributed by atoms with E-state index >= 15 is 0 Å². The Labute approximate surface area is 373 Å². The monoisotopic (exact) mass is 898 g/mol. The van der Waals surface area contributed by atoms with Gasteiger partial charge in [-0.25, -0.2) is 14.4 Å². The Morgan fingerprint density at radius 1 is 0.938 bits per heavy atom. The van der Waals surface area contributed by atoms with Crippen molar-refractivity contribution in [2.24, 2.45) is 0 Å². The number of nitrogens with zero attached hydrogens (tertiary/aromatic N) is 6. The van der Waals surface area contributed by atoms with Crippen LogP contribution >= 0.6 is 11.6 Å². The molecule has 0 saturated carbocycles. The van der Waals surface area contributed by atoms with Crippen LogP contribution in [0, 0.1) is 5.82 Å². The molecule has 3 saturated heterocycles. The number of piperazine rings is 1. The second kappa shape index (κ2) is 18.3. The normalized spacial score (nSPS) is 19.6. The van der Waals surface area contributed by atoms with Gasteiger partial charge in [0.1, 0.15) is 35.4 Å². The number of carbonyl (C=O) groups excluding carboxylic acids is 5. The van der Waals surface area contributed by atoms with Gasteiger partial charge in [-0.15, -0.1) is 0 Å². The molecule has 0 bridgehead atoms. The van der Waals surface area contributed by atoms with Crippen LogP contribution in [-0.4, -0.2) is 150 Å². The summed E-state index contributed by atoms with van der Waals surface area (Å²) in [5, 5.41) is 6.13. The Morgan fingerprint density at radius 2 is 1.70 bits per heavy atom. The molecule has 1 spiro atoms. The average Bonchev–Trinajstić information content (AvgIpc) is 3.51. The summed E-state index contributed by atoms with van der Waals surface area (Å²) in [5.74, 6) is -0.538. The van der Waals surface area contributed by atoms with Crippen molar-refractivity contribution < 1.29 is 47.3 Å². The predicted octanol–water partition coefficient (Wildman–Crippen LogP) is 3.98. The van der Waals surface area contributed by atoms with Crippen molar-refractivity contribution in [2.45, 2.75) is 50.2 Å². The van der Waals surface area contributed by atoms with Crippen molar-refractivity contribution in [1.29, 1.82) is 0 Å². The number of hydrogen-bond acceptors (Lipinski definition) is 14. The highest BCUT2D eigenvalue weighted by molar-refractivity contribution is 6.31. The highest BCUT2D eigenvalue weighted by Gasteiger charge is 2.50. The number of imide groups is 2. The van der Waals surface area contributed by atoms with Gasteiger partial charge >= 0.3 is 0 Å². The van der Waals surface area contributed by atoms with Crippen LogP contribution in [-0.2, 0) is 25.5 Å². The lowest BCUT2D eigenvalue weighted by Gasteiger charge is -2.51. The predicted molar refractivity (Wildman–Crippen MR) is 231 cm³/mol. The molecule has 19 heteroatoms. The second-order valence-corrected chi connectivity index (χ2v) is 17.1. The minimum Gasteiger partial charge on any atom is -0.493 e. The van der Waals surface area contributed by atoms with Crippen LogP contribution in [0.25, 0.3) is 10.9 Å². The lowest BCUT2D eigenvalue weighted by molar-refractivity contribution is -0.154. The minimum atomic E-state index is -1.03. The molecule has 5 aliphatic rings. The van der Waals surface area contributed by atoms with Crippen LogP contribution in [0.4, 0.5) is 15.9 Å². The highest BCUT2D eigenvalue weighted by Crippen LogP contribution is 2.42. The molecular formula is C45H48ClFN8O9. The number of benzene rings is 3. The van der Waals surface area contributed by atoms with E-state index in [0.717, 1.165) is 56.2 Å². The van der Waals surface area contributed by atoms with E-state index in [0.29, 0.717) is 85.4 Å². The Hall–Kier alpha value is -5.95. The molecule has 5 aliphatic heterocycles. The summed E-state index contributed by atoms with van der Waals surface area (Å²) in [6, 6.07) is 10.2. The molecule has 5 amide bonds. The number of carbonyl (C=O) groups is 5. The summed E-state index contributed by atoms with van der Waals surface area (Å²) in [4.78, 5) is 79.9. The van der Waals surface area contributed by atoms with E-state index in [-0.39, 0.29) is 41.3 Å². The maximum Gasteiger partial charge on any atom is 0.262 e. The Morgan fingerprint density at radius 3 is 2.45 bits per heavy atom. The Balaban J connectivity index is 0.661. The lowest BCUT2D eigenvalue weighted by Crippen LogP contribution is -2.67. The zero-order valence-corrected chi connectivity index (χ0v) is 36.1. The zero-order valence-electron chi connectivity index (χ0n) is 35.3. The molecular weight excluding hydrogens is 851 g/mol. The summed E-state index contributed by atoms with van der Waals surface area (Å²) in [7, 11) is 1.58. The van der Waals surface area contributed by atoms with E-state index in [9.17, 15) is 28.4 Å². The van der Waals surface area contributed by atoms with Gasteiger partial charge in [0.2, 0.25) is 17.7 Å². The molecule has 2 N–H and O–H groups in total. The van der Waals surface area contributed by atoms with Crippen molar-refractivity contribution in [3.63, 3.8) is 0 Å². The number of halogens is 2. The number of rotatable bonds is 15. The van der Waals surface area contributed by atoms with E-state index in [1.807, 2.05) is 6.07 Å². The maximum atomic E-state index is 13.7. The number of aryl methyl sites for hydroxylation is 1. The highest BCUT2D eigenvalue weighted by atomic mass is 35.5. The van der Waals surface area contributed by atoms with Gasteiger partial charge in [-0.05, 0) is 67.6 Å². The van der Waals surface area contributed by atoms with Crippen LogP contribution in [0.3, 0.4) is 0 Å². The first kappa shape index (κ1) is 43.3. The molecule has 1 aromatic heterocycles. The fourth-order valence-corrected chi connectivity index (χ4v) is 9.17. The van der Waals surface area contributed by atoms with E-state index in [2.05, 4.69) is 30.4 Å². The molecule has 0 radical (unpaired) electrons. The molecule has 0 aliphatic carbocycles. The molecule has 1 atom stereocenters. The summed E-state index contributed by atoms with van der Waals surface area (Å²) >= 11 is 5.98. The van der Waals surface area contributed by atoms with Gasteiger partial charge in [0.05, 0.1) is 68.1 Å². The van der Waals surface area contributed by atoms with Crippen LogP contribution < -0.4 is 24.8 Å². The van der Waals surface area contributed by atoms with Crippen LogP contribution in [0.1, 0.15) is 58.4 Å². The van der Waals surface area contributed by atoms with Crippen molar-refractivity contribution in [1.82, 2.24) is 34.9 Å². The number of ether oxygens (including phenoxy) is 4. The number of piperidine rings is 1. The van der Waals surface area contributed by atoms with Crippen molar-refractivity contribution in [3.8, 4) is 17.2 Å². The molecule has 17 nitrogen and oxygen atoms in total. The van der Waals surface area contributed by atoms with Gasteiger partial charge in [0.25, 0.3) is 11.8 Å². The summed E-state index contributed by atoms with van der Waals surface area (Å²) in [6.07, 6.45) is 3.95. The van der Waals surface area contributed by atoms with Gasteiger partial charge in [0, 0.05) is 62.8 Å². The van der Waals surface area contributed by atoms with Crippen molar-refractivity contribution in [3.05, 3.63) is 76.3 Å². The first-order chi connectivity index (χ1) is 31.0. The largest absolute Gasteiger partial charge is 0.493 e. The fraction of sp³-hybridized carbons (Fsp3) is 0.444. The number of anilines is 2. The van der Waals surface area contributed by atoms with Crippen LogP contribution in [0.15, 0.2) is 48.8 Å². The molecule has 6 heterocycles. The maximum absolute atomic E-state index is 13.7. The SMILES string of the molecule is COc1cc2ncnc(Nc3ccc(F)c(Cl)c3)c2cc1OCCCN1CCN(CCOCCC(=O)N2CC3(CCc4cc5c(cc4O3)C(=O)N(C3CCC(=O)NC3=O)C5=O)C2)CC1. The number of fused-ring (bicyclic) bond motifs is 3. The first-order valence-corrected chi connectivity index (χ1v) is 21.9. The van der Waals surface area contributed by atoms with Gasteiger partial charge in [0.15, 0.2) is 11.5 Å². The summed E-state index contributed by atoms with van der Waals surface area (Å²) in [5.41, 5.74) is 1.90. The number of methoxy groups -OCH3 is 1. The van der Waals surface area contributed by atoms with Gasteiger partial charge in [-0.1, -0.05) is 11.6 Å². The van der Waals surface area contributed by atoms with E-state index < -0.39 is 41.1 Å². The fourth-order valence-electron chi connectivity index (χ4n) is 8.99. The van der Waals surface area contributed by atoms with Gasteiger partial charge in [-0.3, -0.25) is 39.1 Å². The third kappa shape index (κ3) is 8.91. The third-order valence-corrected chi connectivity index (χ3v) is 12.9. The molecule has 64 heavy (non-hydrogen) atoms. The standard InChI is InChI=1S/C45H48ClFN8O9/c1-61-37-23-34-31(41(49-26-48-34)50-28-3-4-33(47)32(46)20-28)22-38(37)63-16-2-10-52-11-13-53(14-12-52)15-18-62-17-8-40(57)54-24-45(25-54)9-7-27-19-29-30(21-36(27)64-45)44(60)55(43(29)59)35-5-6-39(56)51-42(35)58/h3-4,19-23,26,35H,2,5-18,24-25H2,1H3,(H,48,49,50)(H,51,56,58). The zero-order chi connectivity index (χ0) is 44.5. The number of likely N-dealkylation sites (tertiary alicyclic amines) is 1. The molecule has 9 rings (SSSR count). The minimum absolute atomic E-state index is 0.00493. The Bertz CT molecular complexity index is 2510. The lowest BCUT2D eigenvalue weighted by atomic mass is 9.83. The number of aromatic nitrogens is 2. The van der Waals surface area contributed by atoms with Crippen LogP contribution in [0.2, 0.25) is 5.02 Å². The molecule has 1 unspecified atom stereocenters. The van der Waals surface area contributed by atoms with Crippen molar-refractivity contribution in [2.75, 3.05) is 84.6 Å². The first-order valence-electron chi connectivity index (χ1n) is 21.5.